The van der Waals surface area contributed by atoms with Gasteiger partial charge in [-0.2, -0.15) is 0 Å². The van der Waals surface area contributed by atoms with Gasteiger partial charge in [0.25, 0.3) is 5.91 Å². The molecule has 1 heterocycles. The monoisotopic (exact) mass is 302 g/mol. The largest absolute Gasteiger partial charge is 0.480 e. The Morgan fingerprint density at radius 1 is 1.32 bits per heavy atom. The summed E-state index contributed by atoms with van der Waals surface area (Å²) < 4.78 is 0. The van der Waals surface area contributed by atoms with Gasteiger partial charge in [0.1, 0.15) is 6.04 Å². The molecule has 1 aromatic rings. The summed E-state index contributed by atoms with van der Waals surface area (Å²) in [4.78, 5) is 34.8. The number of carboxylic acids is 1. The van der Waals surface area contributed by atoms with Crippen molar-refractivity contribution in [1.82, 2.24) is 5.32 Å². The number of aryl methyl sites for hydroxylation is 1. The topological polar surface area (TPSA) is 95.5 Å². The third kappa shape index (κ3) is 3.27. The van der Waals surface area contributed by atoms with Gasteiger partial charge in [0.2, 0.25) is 5.91 Å². The van der Waals surface area contributed by atoms with E-state index in [0.29, 0.717) is 30.7 Å². The van der Waals surface area contributed by atoms with E-state index in [-0.39, 0.29) is 11.8 Å². The van der Waals surface area contributed by atoms with Crippen molar-refractivity contribution in [1.29, 1.82) is 0 Å². The zero-order valence-electron chi connectivity index (χ0n) is 12.1. The van der Waals surface area contributed by atoms with Crippen LogP contribution in [-0.4, -0.2) is 28.9 Å². The molecule has 6 heteroatoms. The van der Waals surface area contributed by atoms with E-state index in [1.54, 1.807) is 18.2 Å². The van der Waals surface area contributed by atoms with Crippen molar-refractivity contribution < 1.29 is 19.5 Å². The van der Waals surface area contributed by atoms with Gasteiger partial charge in [0.15, 0.2) is 0 Å². The molecule has 116 valence electrons. The Labute approximate surface area is 127 Å². The Morgan fingerprint density at radius 2 is 2.09 bits per heavy atom. The predicted molar refractivity (Wildman–Crippen MR) is 79.6 cm³/mol. The molecule has 1 saturated carbocycles. The van der Waals surface area contributed by atoms with Crippen LogP contribution in [0.4, 0.5) is 5.69 Å². The van der Waals surface area contributed by atoms with E-state index >= 15 is 0 Å². The number of amides is 2. The zero-order chi connectivity index (χ0) is 15.7. The van der Waals surface area contributed by atoms with Crippen LogP contribution in [0.5, 0.6) is 0 Å². The summed E-state index contributed by atoms with van der Waals surface area (Å²) in [5.41, 5.74) is 2.05. The number of hydrogen-bond donors (Lipinski definition) is 3. The number of benzene rings is 1. The lowest BCUT2D eigenvalue weighted by molar-refractivity contribution is -0.139. The summed E-state index contributed by atoms with van der Waals surface area (Å²) >= 11 is 0. The van der Waals surface area contributed by atoms with Crippen LogP contribution in [0.25, 0.3) is 0 Å². The first-order valence-corrected chi connectivity index (χ1v) is 7.49. The van der Waals surface area contributed by atoms with E-state index in [4.69, 9.17) is 0 Å². The minimum absolute atomic E-state index is 0.0277. The van der Waals surface area contributed by atoms with Gasteiger partial charge in [-0.05, 0) is 42.5 Å². The summed E-state index contributed by atoms with van der Waals surface area (Å²) in [7, 11) is 0. The highest BCUT2D eigenvalue weighted by atomic mass is 16.4. The third-order valence-corrected chi connectivity index (χ3v) is 4.13. The number of carboxylic acid groups (broad SMARTS) is 1. The highest BCUT2D eigenvalue weighted by Gasteiger charge is 2.30. The Kier molecular flexibility index (Phi) is 3.83. The van der Waals surface area contributed by atoms with Crippen LogP contribution in [0.15, 0.2) is 18.2 Å². The van der Waals surface area contributed by atoms with Crippen molar-refractivity contribution in [3.05, 3.63) is 29.3 Å². The first kappa shape index (κ1) is 14.6. The SMILES string of the molecule is O=C1CCc2cc(C(=O)NC(CC3CC3)C(=O)O)ccc2N1. The summed E-state index contributed by atoms with van der Waals surface area (Å²) in [5.74, 6) is -0.988. The average molecular weight is 302 g/mol. The van der Waals surface area contributed by atoms with Crippen LogP contribution in [0.2, 0.25) is 0 Å². The molecule has 1 atom stereocenters. The molecular formula is C16H18N2O4. The number of carbonyl (C=O) groups is 3. The smallest absolute Gasteiger partial charge is 0.326 e. The number of rotatable bonds is 5. The molecule has 6 nitrogen and oxygen atoms in total. The second-order valence-corrected chi connectivity index (χ2v) is 5.96. The number of anilines is 1. The second kappa shape index (κ2) is 5.79. The molecule has 1 aliphatic heterocycles. The Morgan fingerprint density at radius 3 is 2.77 bits per heavy atom. The molecule has 0 spiro atoms. The lowest BCUT2D eigenvalue weighted by atomic mass is 10.00. The van der Waals surface area contributed by atoms with Crippen LogP contribution in [0.3, 0.4) is 0 Å². The molecular weight excluding hydrogens is 284 g/mol. The Bertz CT molecular complexity index is 637. The van der Waals surface area contributed by atoms with Crippen molar-refractivity contribution in [2.45, 2.75) is 38.1 Å². The first-order valence-electron chi connectivity index (χ1n) is 7.49. The van der Waals surface area contributed by atoms with E-state index in [9.17, 15) is 19.5 Å². The fraction of sp³-hybridized carbons (Fsp3) is 0.438. The van der Waals surface area contributed by atoms with E-state index in [2.05, 4.69) is 10.6 Å². The van der Waals surface area contributed by atoms with Gasteiger partial charge in [0.05, 0.1) is 0 Å². The lowest BCUT2D eigenvalue weighted by Gasteiger charge is -2.18. The van der Waals surface area contributed by atoms with E-state index in [1.165, 1.54) is 0 Å². The molecule has 1 fully saturated rings. The molecule has 2 amide bonds. The fourth-order valence-electron chi connectivity index (χ4n) is 2.67. The molecule has 1 aliphatic carbocycles. The first-order chi connectivity index (χ1) is 10.5. The quantitative estimate of drug-likeness (QED) is 0.769. The van der Waals surface area contributed by atoms with Crippen molar-refractivity contribution in [2.24, 2.45) is 5.92 Å². The van der Waals surface area contributed by atoms with Gasteiger partial charge in [0, 0.05) is 17.7 Å². The Balaban J connectivity index is 1.71. The summed E-state index contributed by atoms with van der Waals surface area (Å²) in [6.45, 7) is 0. The number of nitrogens with one attached hydrogen (secondary N) is 2. The molecule has 1 unspecified atom stereocenters. The fourth-order valence-corrected chi connectivity index (χ4v) is 2.67. The van der Waals surface area contributed by atoms with Crippen LogP contribution < -0.4 is 10.6 Å². The molecule has 0 radical (unpaired) electrons. The van der Waals surface area contributed by atoms with Crippen LogP contribution in [0, 0.1) is 5.92 Å². The number of fused-ring (bicyclic) bond motifs is 1. The number of aliphatic carboxylic acids is 1. The van der Waals surface area contributed by atoms with Gasteiger partial charge in [-0.1, -0.05) is 12.8 Å². The third-order valence-electron chi connectivity index (χ3n) is 4.13. The van der Waals surface area contributed by atoms with E-state index < -0.39 is 12.0 Å². The van der Waals surface area contributed by atoms with E-state index in [0.717, 1.165) is 24.1 Å². The van der Waals surface area contributed by atoms with Gasteiger partial charge in [-0.3, -0.25) is 9.59 Å². The van der Waals surface area contributed by atoms with Gasteiger partial charge >= 0.3 is 5.97 Å². The molecule has 2 aliphatic rings. The molecule has 0 saturated heterocycles. The minimum atomic E-state index is -0.995. The standard InChI is InChI=1S/C16H18N2O4/c19-14-6-4-10-8-11(3-5-12(10)17-14)15(20)18-13(16(21)22)7-9-1-2-9/h3,5,8-9,13H,1-2,4,6-7H2,(H,17,19)(H,18,20)(H,21,22). The molecule has 1 aromatic carbocycles. The van der Waals surface area contributed by atoms with Gasteiger partial charge < -0.3 is 15.7 Å². The predicted octanol–water partition coefficient (Wildman–Crippen LogP) is 1.55. The van der Waals surface area contributed by atoms with E-state index in [1.807, 2.05) is 0 Å². The summed E-state index contributed by atoms with van der Waals surface area (Å²) in [6.07, 6.45) is 3.56. The van der Waals surface area contributed by atoms with Gasteiger partial charge in [-0.25, -0.2) is 4.79 Å². The number of carbonyl (C=O) groups excluding carboxylic acids is 2. The second-order valence-electron chi connectivity index (χ2n) is 5.96. The average Bonchev–Trinajstić information content (AvgIpc) is 3.29. The van der Waals surface area contributed by atoms with Crippen LogP contribution in [0.1, 0.15) is 41.6 Å². The maximum Gasteiger partial charge on any atom is 0.326 e. The highest BCUT2D eigenvalue weighted by molar-refractivity contribution is 5.99. The Hall–Kier alpha value is -2.37. The zero-order valence-corrected chi connectivity index (χ0v) is 12.1. The molecule has 22 heavy (non-hydrogen) atoms. The van der Waals surface area contributed by atoms with Crippen molar-refractivity contribution >= 4 is 23.5 Å². The molecule has 0 aromatic heterocycles. The van der Waals surface area contributed by atoms with Crippen LogP contribution in [-0.2, 0) is 16.0 Å². The van der Waals surface area contributed by atoms with Crippen molar-refractivity contribution in [2.75, 3.05) is 5.32 Å². The summed E-state index contributed by atoms with van der Waals surface area (Å²) in [5, 5.41) is 14.6. The molecule has 0 bridgehead atoms. The minimum Gasteiger partial charge on any atom is -0.480 e. The normalized spacial score (nSPS) is 18.1. The van der Waals surface area contributed by atoms with Crippen molar-refractivity contribution in [3.8, 4) is 0 Å². The molecule has 3 rings (SSSR count). The maximum absolute atomic E-state index is 12.2. The van der Waals surface area contributed by atoms with Crippen molar-refractivity contribution in [3.63, 3.8) is 0 Å². The lowest BCUT2D eigenvalue weighted by Crippen LogP contribution is -2.41. The maximum atomic E-state index is 12.2. The molecule has 3 N–H and O–H groups in total. The highest BCUT2D eigenvalue weighted by Crippen LogP contribution is 2.33. The summed E-state index contributed by atoms with van der Waals surface area (Å²) in [6, 6.07) is 4.18. The number of hydrogen-bond acceptors (Lipinski definition) is 3. The van der Waals surface area contributed by atoms with Crippen LogP contribution >= 0.6 is 0 Å². The van der Waals surface area contributed by atoms with Gasteiger partial charge in [-0.15, -0.1) is 0 Å².